The third-order valence-corrected chi connectivity index (χ3v) is 3.02. The minimum atomic E-state index is -0.141. The Labute approximate surface area is 101 Å². The summed E-state index contributed by atoms with van der Waals surface area (Å²) >= 11 is 0. The van der Waals surface area contributed by atoms with E-state index < -0.39 is 0 Å². The summed E-state index contributed by atoms with van der Waals surface area (Å²) in [6.45, 7) is 0. The van der Waals surface area contributed by atoms with Gasteiger partial charge in [-0.05, 0) is 12.8 Å². The van der Waals surface area contributed by atoms with Gasteiger partial charge in [0.05, 0.1) is 7.11 Å². The molecule has 1 aromatic rings. The highest BCUT2D eigenvalue weighted by Crippen LogP contribution is 2.17. The highest BCUT2D eigenvalue weighted by atomic mass is 16.5. The third-order valence-electron chi connectivity index (χ3n) is 3.02. The Hall–Kier alpha value is -1.65. The van der Waals surface area contributed by atoms with Crippen LogP contribution in [0.2, 0.25) is 0 Å². The zero-order valence-electron chi connectivity index (χ0n) is 9.98. The molecule has 1 heterocycles. The fraction of sp³-hybridized carbons (Fsp3) is 0.583. The number of amides is 1. The van der Waals surface area contributed by atoms with Crippen molar-refractivity contribution < 1.29 is 9.53 Å². The van der Waals surface area contributed by atoms with E-state index in [1.807, 2.05) is 0 Å². The van der Waals surface area contributed by atoms with Crippen molar-refractivity contribution in [2.75, 3.05) is 7.11 Å². The van der Waals surface area contributed by atoms with Crippen LogP contribution >= 0.6 is 0 Å². The van der Waals surface area contributed by atoms with Crippen molar-refractivity contribution in [3.63, 3.8) is 0 Å². The summed E-state index contributed by atoms with van der Waals surface area (Å²) in [5.74, 6) is 0.270. The van der Waals surface area contributed by atoms with Crippen LogP contribution < -0.4 is 10.1 Å². The molecule has 0 aromatic carbocycles. The van der Waals surface area contributed by atoms with Crippen molar-refractivity contribution in [2.45, 2.75) is 38.1 Å². The molecular weight excluding hydrogens is 218 g/mol. The summed E-state index contributed by atoms with van der Waals surface area (Å²) in [5.41, 5.74) is 0.363. The molecule has 0 aliphatic heterocycles. The SMILES string of the molecule is COc1cc(C(=O)NC2CCCCC2)ncn1. The van der Waals surface area contributed by atoms with Crippen molar-refractivity contribution in [1.29, 1.82) is 0 Å². The van der Waals surface area contributed by atoms with Crippen LogP contribution in [-0.2, 0) is 0 Å². The van der Waals surface area contributed by atoms with Gasteiger partial charge in [-0.25, -0.2) is 9.97 Å². The lowest BCUT2D eigenvalue weighted by Crippen LogP contribution is -2.36. The van der Waals surface area contributed by atoms with Crippen LogP contribution in [-0.4, -0.2) is 29.0 Å². The maximum absolute atomic E-state index is 11.9. The van der Waals surface area contributed by atoms with Crippen LogP contribution in [0, 0.1) is 0 Å². The molecule has 0 bridgehead atoms. The Balaban J connectivity index is 1.98. The zero-order chi connectivity index (χ0) is 12.1. The molecule has 92 valence electrons. The van der Waals surface area contributed by atoms with Crippen molar-refractivity contribution in [3.05, 3.63) is 18.1 Å². The van der Waals surface area contributed by atoms with Gasteiger partial charge in [0.1, 0.15) is 12.0 Å². The van der Waals surface area contributed by atoms with Gasteiger partial charge in [-0.2, -0.15) is 0 Å². The largest absolute Gasteiger partial charge is 0.481 e. The summed E-state index contributed by atoms with van der Waals surface area (Å²) in [6.07, 6.45) is 7.13. The topological polar surface area (TPSA) is 64.1 Å². The Morgan fingerprint density at radius 1 is 1.35 bits per heavy atom. The highest BCUT2D eigenvalue weighted by molar-refractivity contribution is 5.92. The van der Waals surface area contributed by atoms with E-state index in [1.54, 1.807) is 6.07 Å². The standard InChI is InChI=1S/C12H17N3O2/c1-17-11-7-10(13-8-14-11)12(16)15-9-5-3-2-4-6-9/h7-9H,2-6H2,1H3,(H,15,16). The second-order valence-corrected chi connectivity index (χ2v) is 4.25. The van der Waals surface area contributed by atoms with Gasteiger partial charge in [0.25, 0.3) is 5.91 Å². The van der Waals surface area contributed by atoms with E-state index >= 15 is 0 Å². The molecule has 0 spiro atoms. The normalized spacial score (nSPS) is 16.5. The second-order valence-electron chi connectivity index (χ2n) is 4.25. The number of ether oxygens (including phenoxy) is 1. The van der Waals surface area contributed by atoms with Crippen molar-refractivity contribution in [3.8, 4) is 5.88 Å². The van der Waals surface area contributed by atoms with E-state index in [4.69, 9.17) is 4.74 Å². The van der Waals surface area contributed by atoms with Gasteiger partial charge >= 0.3 is 0 Å². The predicted octanol–water partition coefficient (Wildman–Crippen LogP) is 1.55. The first-order chi connectivity index (χ1) is 8.29. The predicted molar refractivity (Wildman–Crippen MR) is 62.9 cm³/mol. The summed E-state index contributed by atoms with van der Waals surface area (Å²) in [6, 6.07) is 1.84. The lowest BCUT2D eigenvalue weighted by Gasteiger charge is -2.22. The summed E-state index contributed by atoms with van der Waals surface area (Å²) in [4.78, 5) is 19.7. The second kappa shape index (κ2) is 5.61. The molecule has 1 aromatic heterocycles. The van der Waals surface area contributed by atoms with Gasteiger partial charge in [0.2, 0.25) is 5.88 Å². The van der Waals surface area contributed by atoms with E-state index in [-0.39, 0.29) is 11.9 Å². The average Bonchev–Trinajstić information content (AvgIpc) is 2.40. The third kappa shape index (κ3) is 3.15. The van der Waals surface area contributed by atoms with Crippen molar-refractivity contribution >= 4 is 5.91 Å². The zero-order valence-corrected chi connectivity index (χ0v) is 9.98. The fourth-order valence-electron chi connectivity index (χ4n) is 2.08. The number of carbonyl (C=O) groups is 1. The van der Waals surface area contributed by atoms with Gasteiger partial charge in [-0.15, -0.1) is 0 Å². The van der Waals surface area contributed by atoms with Gasteiger partial charge in [-0.1, -0.05) is 19.3 Å². The van der Waals surface area contributed by atoms with E-state index in [2.05, 4.69) is 15.3 Å². The quantitative estimate of drug-likeness (QED) is 0.863. The monoisotopic (exact) mass is 235 g/mol. The van der Waals surface area contributed by atoms with Gasteiger partial charge < -0.3 is 10.1 Å². The molecule has 1 aliphatic rings. The molecule has 5 nitrogen and oxygen atoms in total. The minimum absolute atomic E-state index is 0.141. The summed E-state index contributed by atoms with van der Waals surface area (Å²) < 4.78 is 4.96. The number of aromatic nitrogens is 2. The number of carbonyl (C=O) groups excluding carboxylic acids is 1. The van der Waals surface area contributed by atoms with Crippen LogP contribution in [0.15, 0.2) is 12.4 Å². The molecule has 0 saturated heterocycles. The molecule has 1 N–H and O–H groups in total. The van der Waals surface area contributed by atoms with Crippen LogP contribution in [0.1, 0.15) is 42.6 Å². The molecule has 1 saturated carbocycles. The van der Waals surface area contributed by atoms with Gasteiger partial charge in [-0.3, -0.25) is 4.79 Å². The Bertz CT molecular complexity index is 389. The van der Waals surface area contributed by atoms with E-state index in [0.717, 1.165) is 12.8 Å². The number of rotatable bonds is 3. The molecule has 0 atom stereocenters. The number of methoxy groups -OCH3 is 1. The van der Waals surface area contributed by atoms with Crippen LogP contribution in [0.4, 0.5) is 0 Å². The van der Waals surface area contributed by atoms with Crippen LogP contribution in [0.25, 0.3) is 0 Å². The van der Waals surface area contributed by atoms with E-state index in [1.165, 1.54) is 32.7 Å². The number of nitrogens with zero attached hydrogens (tertiary/aromatic N) is 2. The minimum Gasteiger partial charge on any atom is -0.481 e. The fourth-order valence-corrected chi connectivity index (χ4v) is 2.08. The molecule has 1 fully saturated rings. The molecule has 2 rings (SSSR count). The van der Waals surface area contributed by atoms with Crippen LogP contribution in [0.3, 0.4) is 0 Å². The highest BCUT2D eigenvalue weighted by Gasteiger charge is 2.17. The van der Waals surface area contributed by atoms with E-state index in [9.17, 15) is 4.79 Å². The lowest BCUT2D eigenvalue weighted by molar-refractivity contribution is 0.0922. The molecule has 5 heteroatoms. The van der Waals surface area contributed by atoms with Gasteiger partial charge in [0, 0.05) is 12.1 Å². The summed E-state index contributed by atoms with van der Waals surface area (Å²) in [5, 5.41) is 3.00. The molecule has 0 radical (unpaired) electrons. The number of hydrogen-bond acceptors (Lipinski definition) is 4. The molecule has 1 aliphatic carbocycles. The molecule has 0 unspecified atom stereocenters. The first kappa shape index (κ1) is 11.8. The number of hydrogen-bond donors (Lipinski definition) is 1. The Morgan fingerprint density at radius 2 is 2.12 bits per heavy atom. The van der Waals surface area contributed by atoms with Crippen molar-refractivity contribution in [1.82, 2.24) is 15.3 Å². The Kier molecular flexibility index (Phi) is 3.90. The average molecular weight is 235 g/mol. The van der Waals surface area contributed by atoms with Crippen molar-refractivity contribution in [2.24, 2.45) is 0 Å². The van der Waals surface area contributed by atoms with E-state index in [0.29, 0.717) is 11.6 Å². The molecule has 17 heavy (non-hydrogen) atoms. The summed E-state index contributed by atoms with van der Waals surface area (Å²) in [7, 11) is 1.52. The first-order valence-corrected chi connectivity index (χ1v) is 5.96. The van der Waals surface area contributed by atoms with Gasteiger partial charge in [0.15, 0.2) is 0 Å². The first-order valence-electron chi connectivity index (χ1n) is 5.96. The smallest absolute Gasteiger partial charge is 0.270 e. The Morgan fingerprint density at radius 3 is 2.82 bits per heavy atom. The maximum Gasteiger partial charge on any atom is 0.270 e. The lowest BCUT2D eigenvalue weighted by atomic mass is 9.95. The maximum atomic E-state index is 11.9. The number of nitrogens with one attached hydrogen (secondary N) is 1. The molecular formula is C12H17N3O2. The molecule has 1 amide bonds. The van der Waals surface area contributed by atoms with Crippen LogP contribution in [0.5, 0.6) is 5.88 Å².